The Hall–Kier alpha value is -1.24. The highest BCUT2D eigenvalue weighted by molar-refractivity contribution is 8.00. The first kappa shape index (κ1) is 16.8. The predicted octanol–water partition coefficient (Wildman–Crippen LogP) is 0.0144. The van der Waals surface area contributed by atoms with E-state index in [1.165, 1.54) is 0 Å². The summed E-state index contributed by atoms with van der Waals surface area (Å²) in [5.41, 5.74) is 5.00. The van der Waals surface area contributed by atoms with Gasteiger partial charge < -0.3 is 16.4 Å². The van der Waals surface area contributed by atoms with Crippen LogP contribution in [0.1, 0.15) is 33.1 Å². The number of nitrogens with one attached hydrogen (secondary N) is 2. The summed E-state index contributed by atoms with van der Waals surface area (Å²) < 4.78 is 0. The van der Waals surface area contributed by atoms with Crippen LogP contribution >= 0.6 is 11.8 Å². The van der Waals surface area contributed by atoms with Crippen molar-refractivity contribution in [2.45, 2.75) is 44.4 Å². The fourth-order valence-corrected chi connectivity index (χ4v) is 3.22. The zero-order valence-corrected chi connectivity index (χ0v) is 12.8. The minimum atomic E-state index is -0.608. The van der Waals surface area contributed by atoms with Gasteiger partial charge in [0.05, 0.1) is 11.8 Å². The lowest BCUT2D eigenvalue weighted by atomic mass is 10.0. The van der Waals surface area contributed by atoms with Crippen LogP contribution in [-0.2, 0) is 14.4 Å². The molecule has 7 heteroatoms. The van der Waals surface area contributed by atoms with Crippen LogP contribution in [-0.4, -0.2) is 41.3 Å². The molecule has 4 N–H and O–H groups in total. The molecule has 0 aromatic rings. The number of hydrogen-bond donors (Lipinski definition) is 3. The fraction of sp³-hybridized carbons (Fsp3) is 0.769. The quantitative estimate of drug-likeness (QED) is 0.617. The van der Waals surface area contributed by atoms with E-state index in [4.69, 9.17) is 5.73 Å². The van der Waals surface area contributed by atoms with Gasteiger partial charge in [-0.1, -0.05) is 13.8 Å². The van der Waals surface area contributed by atoms with E-state index >= 15 is 0 Å². The van der Waals surface area contributed by atoms with Crippen LogP contribution in [0.5, 0.6) is 0 Å². The summed E-state index contributed by atoms with van der Waals surface area (Å²) in [5, 5.41) is 5.18. The summed E-state index contributed by atoms with van der Waals surface area (Å²) in [6.45, 7) is 3.75. The maximum absolute atomic E-state index is 12.1. The Morgan fingerprint density at radius 1 is 1.35 bits per heavy atom. The van der Waals surface area contributed by atoms with Crippen LogP contribution in [0.3, 0.4) is 0 Å². The Bertz CT molecular complexity index is 368. The van der Waals surface area contributed by atoms with Gasteiger partial charge in [0.1, 0.15) is 6.04 Å². The molecule has 6 nitrogen and oxygen atoms in total. The molecular weight excluding hydrogens is 278 g/mol. The normalized spacial score (nSPS) is 19.6. The molecule has 0 bridgehead atoms. The molecule has 0 aromatic carbocycles. The molecule has 1 heterocycles. The Labute approximate surface area is 123 Å². The van der Waals surface area contributed by atoms with Gasteiger partial charge in [-0.05, 0) is 30.9 Å². The molecule has 20 heavy (non-hydrogen) atoms. The van der Waals surface area contributed by atoms with Crippen LogP contribution in [0.25, 0.3) is 0 Å². The average molecular weight is 301 g/mol. The Balaban J connectivity index is 2.55. The van der Waals surface area contributed by atoms with Crippen LogP contribution in [0, 0.1) is 5.92 Å². The van der Waals surface area contributed by atoms with Crippen LogP contribution < -0.4 is 16.4 Å². The highest BCUT2D eigenvalue weighted by Crippen LogP contribution is 2.26. The molecule has 0 spiro atoms. The number of thioether (sulfide) groups is 1. The molecule has 1 aliphatic heterocycles. The van der Waals surface area contributed by atoms with Crippen LogP contribution in [0.4, 0.5) is 0 Å². The molecule has 2 atom stereocenters. The van der Waals surface area contributed by atoms with Gasteiger partial charge in [-0.15, -0.1) is 11.8 Å². The van der Waals surface area contributed by atoms with E-state index in [1.54, 1.807) is 11.8 Å². The van der Waals surface area contributed by atoms with Crippen molar-refractivity contribution in [2.75, 3.05) is 12.3 Å². The van der Waals surface area contributed by atoms with E-state index < -0.39 is 11.9 Å². The van der Waals surface area contributed by atoms with Gasteiger partial charge in [0.2, 0.25) is 17.7 Å². The molecule has 3 amide bonds. The molecule has 0 saturated carbocycles. The monoisotopic (exact) mass is 301 g/mol. The van der Waals surface area contributed by atoms with Crippen molar-refractivity contribution in [3.63, 3.8) is 0 Å². The topological polar surface area (TPSA) is 101 Å². The van der Waals surface area contributed by atoms with E-state index in [1.807, 2.05) is 13.8 Å². The van der Waals surface area contributed by atoms with E-state index in [2.05, 4.69) is 10.6 Å². The van der Waals surface area contributed by atoms with Gasteiger partial charge in [-0.2, -0.15) is 0 Å². The summed E-state index contributed by atoms with van der Waals surface area (Å²) in [6, 6.07) is -0.608. The van der Waals surface area contributed by atoms with E-state index in [0.29, 0.717) is 6.42 Å². The molecule has 114 valence electrons. The summed E-state index contributed by atoms with van der Waals surface area (Å²) in [4.78, 5) is 34.8. The van der Waals surface area contributed by atoms with Crippen molar-refractivity contribution in [1.82, 2.24) is 10.6 Å². The van der Waals surface area contributed by atoms with Crippen LogP contribution in [0.15, 0.2) is 0 Å². The number of rotatable bonds is 7. The van der Waals surface area contributed by atoms with Gasteiger partial charge >= 0.3 is 0 Å². The summed E-state index contributed by atoms with van der Waals surface area (Å²) >= 11 is 1.62. The predicted molar refractivity (Wildman–Crippen MR) is 79.1 cm³/mol. The molecule has 1 unspecified atom stereocenters. The Kier molecular flexibility index (Phi) is 6.84. The molecule has 0 radical (unpaired) electrons. The highest BCUT2D eigenvalue weighted by atomic mass is 32.2. The Morgan fingerprint density at radius 2 is 2.05 bits per heavy atom. The molecule has 1 aliphatic rings. The van der Waals surface area contributed by atoms with E-state index in [0.717, 1.165) is 18.6 Å². The van der Waals surface area contributed by atoms with Crippen molar-refractivity contribution in [1.29, 1.82) is 0 Å². The van der Waals surface area contributed by atoms with Crippen molar-refractivity contribution >= 4 is 29.5 Å². The maximum atomic E-state index is 12.1. The summed E-state index contributed by atoms with van der Waals surface area (Å²) in [7, 11) is 0. The molecular formula is C13H23N3O3S. The standard InChI is InChI=1S/C13H23N3O3S/c1-8(2)6-9(12(18)15-7-11(14)17)16-13(19)10-4-3-5-20-10/h8-10H,3-7H2,1-2H3,(H2,14,17)(H,15,18)(H,16,19)/t9-,10?/m0/s1. The molecule has 0 aromatic heterocycles. The van der Waals surface area contributed by atoms with E-state index in [-0.39, 0.29) is 29.5 Å². The summed E-state index contributed by atoms with van der Waals surface area (Å²) in [5.74, 6) is 0.206. The first-order valence-corrected chi connectivity index (χ1v) is 7.93. The first-order chi connectivity index (χ1) is 9.40. The van der Waals surface area contributed by atoms with Gasteiger partial charge in [0, 0.05) is 0 Å². The third-order valence-corrected chi connectivity index (χ3v) is 4.38. The molecule has 1 rings (SSSR count). The lowest BCUT2D eigenvalue weighted by Gasteiger charge is -2.21. The lowest BCUT2D eigenvalue weighted by molar-refractivity contribution is -0.130. The van der Waals surface area contributed by atoms with Gasteiger partial charge in [0.15, 0.2) is 0 Å². The second kappa shape index (κ2) is 8.14. The average Bonchev–Trinajstić information content (AvgIpc) is 2.88. The van der Waals surface area contributed by atoms with E-state index in [9.17, 15) is 14.4 Å². The maximum Gasteiger partial charge on any atom is 0.243 e. The van der Waals surface area contributed by atoms with Crippen molar-refractivity contribution in [3.05, 3.63) is 0 Å². The van der Waals surface area contributed by atoms with Crippen molar-refractivity contribution in [2.24, 2.45) is 11.7 Å². The van der Waals surface area contributed by atoms with Gasteiger partial charge in [-0.3, -0.25) is 14.4 Å². The fourth-order valence-electron chi connectivity index (χ4n) is 2.05. The number of carbonyl (C=O) groups is 3. The largest absolute Gasteiger partial charge is 0.368 e. The smallest absolute Gasteiger partial charge is 0.243 e. The number of nitrogens with two attached hydrogens (primary N) is 1. The third-order valence-electron chi connectivity index (χ3n) is 3.00. The SMILES string of the molecule is CC(C)C[C@H](NC(=O)C1CCCS1)C(=O)NCC(N)=O. The number of carbonyl (C=O) groups excluding carboxylic acids is 3. The first-order valence-electron chi connectivity index (χ1n) is 6.88. The highest BCUT2D eigenvalue weighted by Gasteiger charge is 2.28. The zero-order valence-electron chi connectivity index (χ0n) is 12.0. The minimum Gasteiger partial charge on any atom is -0.368 e. The minimum absolute atomic E-state index is 0.0615. The second-order valence-corrected chi connectivity index (χ2v) is 6.69. The molecule has 1 saturated heterocycles. The number of hydrogen-bond acceptors (Lipinski definition) is 4. The second-order valence-electron chi connectivity index (χ2n) is 5.38. The lowest BCUT2D eigenvalue weighted by Crippen LogP contribution is -2.50. The number of primary amides is 1. The van der Waals surface area contributed by atoms with Crippen LogP contribution in [0.2, 0.25) is 0 Å². The van der Waals surface area contributed by atoms with Gasteiger partial charge in [0.25, 0.3) is 0 Å². The Morgan fingerprint density at radius 3 is 2.55 bits per heavy atom. The third kappa shape index (κ3) is 5.81. The summed E-state index contributed by atoms with van der Waals surface area (Å²) in [6.07, 6.45) is 2.42. The van der Waals surface area contributed by atoms with Crippen molar-refractivity contribution < 1.29 is 14.4 Å². The molecule has 0 aliphatic carbocycles. The number of amides is 3. The van der Waals surface area contributed by atoms with Crippen molar-refractivity contribution in [3.8, 4) is 0 Å². The molecule has 1 fully saturated rings. The van der Waals surface area contributed by atoms with Gasteiger partial charge in [-0.25, -0.2) is 0 Å². The zero-order chi connectivity index (χ0) is 15.1.